The van der Waals surface area contributed by atoms with Gasteiger partial charge in [-0.25, -0.2) is 0 Å². The summed E-state index contributed by atoms with van der Waals surface area (Å²) in [4.78, 5) is 0. The Bertz CT molecular complexity index is 418. The van der Waals surface area contributed by atoms with Crippen molar-refractivity contribution in [3.8, 4) is 6.07 Å². The second kappa shape index (κ2) is 4.75. The molecule has 94 valence electrons. The molecule has 0 saturated heterocycles. The summed E-state index contributed by atoms with van der Waals surface area (Å²) in [5.41, 5.74) is -1.88. The first kappa shape index (κ1) is 13.5. The molecule has 0 aliphatic carbocycles. The Morgan fingerprint density at radius 2 is 2.18 bits per heavy atom. The van der Waals surface area contributed by atoms with Crippen LogP contribution in [0, 0.1) is 11.3 Å². The first-order valence-corrected chi connectivity index (χ1v) is 5.07. The predicted molar refractivity (Wildman–Crippen MR) is 54.9 cm³/mol. The summed E-state index contributed by atoms with van der Waals surface area (Å²) in [5.74, 6) is 0. The molecule has 0 bridgehead atoms. The molecule has 0 spiro atoms. The quantitative estimate of drug-likeness (QED) is 0.881. The van der Waals surface area contributed by atoms with Gasteiger partial charge in [-0.1, -0.05) is 6.92 Å². The highest BCUT2D eigenvalue weighted by Crippen LogP contribution is 2.27. The molecule has 0 aliphatic heterocycles. The topological polar surface area (TPSA) is 53.6 Å². The molecule has 0 aliphatic rings. The molecule has 4 nitrogen and oxygen atoms in total. The van der Waals surface area contributed by atoms with Gasteiger partial charge < -0.3 is 0 Å². The van der Waals surface area contributed by atoms with Crippen LogP contribution in [-0.2, 0) is 12.7 Å². The number of hydrogen-bond donors (Lipinski definition) is 1. The van der Waals surface area contributed by atoms with Crippen molar-refractivity contribution in [1.82, 2.24) is 15.1 Å². The fourth-order valence-corrected chi connectivity index (χ4v) is 1.45. The highest BCUT2D eigenvalue weighted by molar-refractivity contribution is 5.07. The average Bonchev–Trinajstić information content (AvgIpc) is 2.66. The normalized spacial score (nSPS) is 15.3. The molecule has 0 amide bonds. The van der Waals surface area contributed by atoms with Gasteiger partial charge in [0.05, 0.1) is 12.6 Å². The fraction of sp³-hybridized carbons (Fsp3) is 0.600. The van der Waals surface area contributed by atoms with Crippen LogP contribution in [0.5, 0.6) is 0 Å². The Labute approximate surface area is 97.0 Å². The Hall–Kier alpha value is -1.55. The maximum Gasteiger partial charge on any atom is 0.435 e. The SMILES string of the molecule is CCNC(C)(C#N)Cn1ccc(C(F)(F)F)n1. The second-order valence-electron chi connectivity index (χ2n) is 3.87. The minimum Gasteiger partial charge on any atom is -0.298 e. The van der Waals surface area contributed by atoms with Crippen LogP contribution in [0.2, 0.25) is 0 Å². The van der Waals surface area contributed by atoms with Crippen LogP contribution in [0.3, 0.4) is 0 Å². The van der Waals surface area contributed by atoms with E-state index < -0.39 is 17.4 Å². The van der Waals surface area contributed by atoms with E-state index in [0.717, 1.165) is 10.7 Å². The van der Waals surface area contributed by atoms with Gasteiger partial charge in [0, 0.05) is 6.20 Å². The third kappa shape index (κ3) is 3.46. The van der Waals surface area contributed by atoms with Crippen molar-refractivity contribution in [2.45, 2.75) is 32.1 Å². The molecule has 0 aromatic carbocycles. The van der Waals surface area contributed by atoms with E-state index in [1.807, 2.05) is 13.0 Å². The van der Waals surface area contributed by atoms with Gasteiger partial charge in [-0.05, 0) is 19.5 Å². The Morgan fingerprint density at radius 3 is 2.59 bits per heavy atom. The first-order valence-electron chi connectivity index (χ1n) is 5.07. The number of nitriles is 1. The number of aromatic nitrogens is 2. The Kier molecular flexibility index (Phi) is 3.78. The number of nitrogens with one attached hydrogen (secondary N) is 1. The minimum absolute atomic E-state index is 0.0629. The third-order valence-corrected chi connectivity index (χ3v) is 2.22. The van der Waals surface area contributed by atoms with Crippen molar-refractivity contribution in [3.05, 3.63) is 18.0 Å². The summed E-state index contributed by atoms with van der Waals surface area (Å²) in [6.07, 6.45) is -3.23. The van der Waals surface area contributed by atoms with Crippen LogP contribution in [0.4, 0.5) is 13.2 Å². The highest BCUT2D eigenvalue weighted by Gasteiger charge is 2.34. The smallest absolute Gasteiger partial charge is 0.298 e. The largest absolute Gasteiger partial charge is 0.435 e. The van der Waals surface area contributed by atoms with Crippen LogP contribution in [0.1, 0.15) is 19.5 Å². The number of rotatable bonds is 4. The van der Waals surface area contributed by atoms with Crippen molar-refractivity contribution in [3.63, 3.8) is 0 Å². The third-order valence-electron chi connectivity index (χ3n) is 2.22. The van der Waals surface area contributed by atoms with E-state index in [1.54, 1.807) is 6.92 Å². The molecule has 1 aromatic heterocycles. The molecule has 0 radical (unpaired) electrons. The monoisotopic (exact) mass is 246 g/mol. The molecule has 7 heteroatoms. The van der Waals surface area contributed by atoms with E-state index in [2.05, 4.69) is 10.4 Å². The second-order valence-corrected chi connectivity index (χ2v) is 3.87. The van der Waals surface area contributed by atoms with E-state index in [-0.39, 0.29) is 6.54 Å². The lowest BCUT2D eigenvalue weighted by atomic mass is 10.1. The molecule has 1 aromatic rings. The number of alkyl halides is 3. The molecule has 17 heavy (non-hydrogen) atoms. The maximum atomic E-state index is 12.3. The van der Waals surface area contributed by atoms with Crippen molar-refractivity contribution < 1.29 is 13.2 Å². The van der Waals surface area contributed by atoms with Gasteiger partial charge in [0.2, 0.25) is 0 Å². The van der Waals surface area contributed by atoms with Crippen LogP contribution < -0.4 is 5.32 Å². The fourth-order valence-electron chi connectivity index (χ4n) is 1.45. The lowest BCUT2D eigenvalue weighted by molar-refractivity contribution is -0.141. The van der Waals surface area contributed by atoms with Crippen LogP contribution in [0.15, 0.2) is 12.3 Å². The summed E-state index contributed by atoms with van der Waals surface area (Å²) >= 11 is 0. The van der Waals surface area contributed by atoms with E-state index in [4.69, 9.17) is 5.26 Å². The van der Waals surface area contributed by atoms with Gasteiger partial charge in [0.15, 0.2) is 5.69 Å². The van der Waals surface area contributed by atoms with Gasteiger partial charge >= 0.3 is 6.18 Å². The molecular formula is C10H13F3N4. The lowest BCUT2D eigenvalue weighted by Crippen LogP contribution is -2.44. The van der Waals surface area contributed by atoms with E-state index in [1.165, 1.54) is 6.20 Å². The standard InChI is InChI=1S/C10H13F3N4/c1-3-15-9(2,6-14)7-17-5-4-8(16-17)10(11,12)13/h4-5,15H,3,7H2,1-2H3. The molecule has 0 fully saturated rings. The van der Waals surface area contributed by atoms with Gasteiger partial charge in [-0.2, -0.15) is 23.5 Å². The zero-order valence-corrected chi connectivity index (χ0v) is 9.54. The number of halogens is 3. The van der Waals surface area contributed by atoms with Gasteiger partial charge in [-0.15, -0.1) is 0 Å². The van der Waals surface area contributed by atoms with Crippen molar-refractivity contribution in [2.24, 2.45) is 0 Å². The Morgan fingerprint density at radius 1 is 1.53 bits per heavy atom. The summed E-state index contributed by atoms with van der Waals surface area (Å²) in [6.45, 7) is 4.05. The molecule has 1 heterocycles. The van der Waals surface area contributed by atoms with Crippen LogP contribution in [0.25, 0.3) is 0 Å². The van der Waals surface area contributed by atoms with E-state index in [0.29, 0.717) is 6.54 Å². The molecule has 1 unspecified atom stereocenters. The zero-order chi connectivity index (χ0) is 13.1. The van der Waals surface area contributed by atoms with Crippen molar-refractivity contribution >= 4 is 0 Å². The number of hydrogen-bond acceptors (Lipinski definition) is 3. The molecular weight excluding hydrogens is 233 g/mol. The van der Waals surface area contributed by atoms with Crippen LogP contribution in [-0.4, -0.2) is 21.9 Å². The number of nitrogens with zero attached hydrogens (tertiary/aromatic N) is 3. The van der Waals surface area contributed by atoms with Crippen LogP contribution >= 0.6 is 0 Å². The van der Waals surface area contributed by atoms with Gasteiger partial charge in [0.25, 0.3) is 0 Å². The van der Waals surface area contributed by atoms with Gasteiger partial charge in [0.1, 0.15) is 5.54 Å². The van der Waals surface area contributed by atoms with Crippen molar-refractivity contribution in [1.29, 1.82) is 5.26 Å². The van der Waals surface area contributed by atoms with E-state index in [9.17, 15) is 13.2 Å². The maximum absolute atomic E-state index is 12.3. The zero-order valence-electron chi connectivity index (χ0n) is 9.54. The highest BCUT2D eigenvalue weighted by atomic mass is 19.4. The molecule has 1 N–H and O–H groups in total. The first-order chi connectivity index (χ1) is 7.80. The summed E-state index contributed by atoms with van der Waals surface area (Å²) in [5, 5.41) is 15.3. The average molecular weight is 246 g/mol. The van der Waals surface area contributed by atoms with Crippen molar-refractivity contribution in [2.75, 3.05) is 6.54 Å². The van der Waals surface area contributed by atoms with Gasteiger partial charge in [-0.3, -0.25) is 10.00 Å². The lowest BCUT2D eigenvalue weighted by Gasteiger charge is -2.22. The summed E-state index contributed by atoms with van der Waals surface area (Å²) in [6, 6.07) is 2.92. The molecule has 1 rings (SSSR count). The van der Waals surface area contributed by atoms with E-state index >= 15 is 0 Å². The summed E-state index contributed by atoms with van der Waals surface area (Å²) in [7, 11) is 0. The molecule has 1 atom stereocenters. The molecule has 0 saturated carbocycles. The summed E-state index contributed by atoms with van der Waals surface area (Å²) < 4.78 is 38.0. The Balaban J connectivity index is 2.83. The minimum atomic E-state index is -4.45. The predicted octanol–water partition coefficient (Wildman–Crippen LogP) is 1.79. The number of likely N-dealkylation sites (N-methyl/N-ethyl adjacent to an activating group) is 1.